The van der Waals surface area contributed by atoms with Crippen LogP contribution in [0.4, 0.5) is 0 Å². The number of hydrogen-bond acceptors (Lipinski definition) is 6. The van der Waals surface area contributed by atoms with Crippen molar-refractivity contribution in [1.82, 2.24) is 0 Å². The van der Waals surface area contributed by atoms with Gasteiger partial charge in [-0.1, -0.05) is 12.2 Å². The maximum absolute atomic E-state index is 12.6. The zero-order chi connectivity index (χ0) is 21.2. The Hall–Kier alpha value is -1.31. The molecular weight excluding hydrogens is 360 g/mol. The van der Waals surface area contributed by atoms with Crippen LogP contribution in [0.2, 0.25) is 0 Å². The third kappa shape index (κ3) is 5.39. The Balaban J connectivity index is 1.91. The Bertz CT molecular complexity index is 637. The molecule has 0 unspecified atom stereocenters. The van der Waals surface area contributed by atoms with Crippen LogP contribution in [0.5, 0.6) is 0 Å². The van der Waals surface area contributed by atoms with Crippen LogP contribution in [-0.2, 0) is 24.0 Å². The van der Waals surface area contributed by atoms with Gasteiger partial charge in [-0.05, 0) is 66.0 Å². The second-order valence-corrected chi connectivity index (χ2v) is 8.89. The summed E-state index contributed by atoms with van der Waals surface area (Å²) in [5.41, 5.74) is -3.44. The minimum atomic E-state index is -1.63. The fourth-order valence-electron chi connectivity index (χ4n) is 3.26. The van der Waals surface area contributed by atoms with Crippen LogP contribution in [0.15, 0.2) is 37.5 Å². The molecule has 2 rings (SSSR count). The summed E-state index contributed by atoms with van der Waals surface area (Å²) in [5.74, 6) is -0.446. The van der Waals surface area contributed by atoms with Crippen molar-refractivity contribution >= 4 is 5.78 Å². The van der Waals surface area contributed by atoms with E-state index in [1.165, 1.54) is 13.0 Å². The second-order valence-electron chi connectivity index (χ2n) is 8.89. The van der Waals surface area contributed by atoms with Crippen LogP contribution >= 0.6 is 0 Å². The van der Waals surface area contributed by atoms with E-state index in [-0.39, 0.29) is 0 Å². The molecule has 6 nitrogen and oxygen atoms in total. The Labute approximate surface area is 168 Å². The fourth-order valence-corrected chi connectivity index (χ4v) is 3.26. The van der Waals surface area contributed by atoms with Crippen molar-refractivity contribution in [2.45, 2.75) is 95.1 Å². The molecule has 0 bridgehead atoms. The Kier molecular flexibility index (Phi) is 6.73. The number of ether oxygens (including phenoxy) is 2. The number of aliphatic hydroxyl groups is 1. The predicted octanol–water partition coefficient (Wildman–Crippen LogP) is 3.79. The SMILES string of the molecule is C=C[C@@]1(C)CC[C@H](OOC(C)(C)/C=C/C(=O)[C@](C)(O)[C@H]2CC[C@](C)(C=C)O2)O1. The fraction of sp³-hybridized carbons (Fsp3) is 0.682. The molecule has 28 heavy (non-hydrogen) atoms. The van der Waals surface area contributed by atoms with E-state index in [4.69, 9.17) is 19.2 Å². The lowest BCUT2D eigenvalue weighted by atomic mass is 9.90. The van der Waals surface area contributed by atoms with Gasteiger partial charge in [0.1, 0.15) is 11.2 Å². The maximum atomic E-state index is 12.6. The zero-order valence-electron chi connectivity index (χ0n) is 17.7. The van der Waals surface area contributed by atoms with Gasteiger partial charge < -0.3 is 14.6 Å². The topological polar surface area (TPSA) is 74.2 Å². The molecule has 0 amide bonds. The molecule has 2 heterocycles. The predicted molar refractivity (Wildman–Crippen MR) is 106 cm³/mol. The van der Waals surface area contributed by atoms with Crippen LogP contribution in [0.1, 0.15) is 60.3 Å². The minimum absolute atomic E-state index is 0.413. The lowest BCUT2D eigenvalue weighted by Gasteiger charge is -2.30. The monoisotopic (exact) mass is 394 g/mol. The lowest BCUT2D eigenvalue weighted by molar-refractivity contribution is -0.408. The molecule has 2 aliphatic heterocycles. The lowest BCUT2D eigenvalue weighted by Crippen LogP contribution is -2.47. The first-order chi connectivity index (χ1) is 12.8. The Morgan fingerprint density at radius 3 is 2.21 bits per heavy atom. The van der Waals surface area contributed by atoms with Gasteiger partial charge in [-0.2, -0.15) is 0 Å². The number of carbonyl (C=O) groups excluding carboxylic acids is 1. The van der Waals surface area contributed by atoms with E-state index in [0.29, 0.717) is 19.3 Å². The standard InChI is InChI=1S/C22H34O6/c1-8-20(5)14-11-17(25-20)22(7,24)16(23)10-13-19(3,4)28-27-18-12-15-21(6,9-2)26-18/h8-10,13,17-18,24H,1-2,11-12,14-15H2,3-7H3/b13-10+/t17-,18+,20+,21+,22+/m1/s1. The van der Waals surface area contributed by atoms with E-state index in [2.05, 4.69) is 13.2 Å². The third-order valence-electron chi connectivity index (χ3n) is 5.59. The summed E-state index contributed by atoms with van der Waals surface area (Å²) in [4.78, 5) is 23.5. The molecule has 2 fully saturated rings. The highest BCUT2D eigenvalue weighted by Crippen LogP contribution is 2.36. The summed E-state index contributed by atoms with van der Waals surface area (Å²) in [6, 6.07) is 0. The van der Waals surface area contributed by atoms with Crippen molar-refractivity contribution in [1.29, 1.82) is 0 Å². The number of carbonyl (C=O) groups is 1. The molecule has 0 aromatic heterocycles. The summed E-state index contributed by atoms with van der Waals surface area (Å²) >= 11 is 0. The van der Waals surface area contributed by atoms with Crippen LogP contribution in [0.3, 0.4) is 0 Å². The van der Waals surface area contributed by atoms with Gasteiger partial charge in [0.05, 0.1) is 17.3 Å². The van der Waals surface area contributed by atoms with Gasteiger partial charge in [-0.25, -0.2) is 9.78 Å². The van der Waals surface area contributed by atoms with Crippen LogP contribution in [-0.4, -0.2) is 45.7 Å². The molecular formula is C22H34O6. The van der Waals surface area contributed by atoms with Gasteiger partial charge in [-0.15, -0.1) is 13.2 Å². The highest BCUT2D eigenvalue weighted by atomic mass is 17.2. The summed E-state index contributed by atoms with van der Waals surface area (Å²) < 4.78 is 11.6. The van der Waals surface area contributed by atoms with Gasteiger partial charge in [0, 0.05) is 6.42 Å². The number of hydrogen-bond donors (Lipinski definition) is 1. The molecule has 0 spiro atoms. The molecule has 0 aromatic rings. The summed E-state index contributed by atoms with van der Waals surface area (Å²) in [5, 5.41) is 10.7. The molecule has 2 saturated heterocycles. The molecule has 158 valence electrons. The zero-order valence-corrected chi connectivity index (χ0v) is 17.7. The van der Waals surface area contributed by atoms with Gasteiger partial charge >= 0.3 is 0 Å². The molecule has 6 heteroatoms. The molecule has 0 aliphatic carbocycles. The highest BCUT2D eigenvalue weighted by molar-refractivity contribution is 5.97. The van der Waals surface area contributed by atoms with Crippen LogP contribution in [0.25, 0.3) is 0 Å². The number of rotatable bonds is 9. The largest absolute Gasteiger partial charge is 0.379 e. The average molecular weight is 395 g/mol. The van der Waals surface area contributed by atoms with Crippen LogP contribution < -0.4 is 0 Å². The Morgan fingerprint density at radius 2 is 1.68 bits per heavy atom. The van der Waals surface area contributed by atoms with E-state index in [0.717, 1.165) is 6.42 Å². The van der Waals surface area contributed by atoms with Crippen LogP contribution in [0, 0.1) is 0 Å². The van der Waals surface area contributed by atoms with E-state index in [1.807, 2.05) is 13.8 Å². The smallest absolute Gasteiger partial charge is 0.192 e. The highest BCUT2D eigenvalue weighted by Gasteiger charge is 2.46. The molecule has 2 aliphatic rings. The summed E-state index contributed by atoms with van der Waals surface area (Å²) in [6.07, 6.45) is 8.05. The van der Waals surface area contributed by atoms with Gasteiger partial charge in [-0.3, -0.25) is 4.79 Å². The molecule has 0 aromatic carbocycles. The first-order valence-electron chi connectivity index (χ1n) is 9.78. The Morgan fingerprint density at radius 1 is 1.11 bits per heavy atom. The van der Waals surface area contributed by atoms with E-state index >= 15 is 0 Å². The second kappa shape index (κ2) is 8.20. The van der Waals surface area contributed by atoms with Crippen molar-refractivity contribution in [3.63, 3.8) is 0 Å². The van der Waals surface area contributed by atoms with Gasteiger partial charge in [0.2, 0.25) is 0 Å². The van der Waals surface area contributed by atoms with Crippen molar-refractivity contribution in [3.8, 4) is 0 Å². The molecule has 5 atom stereocenters. The minimum Gasteiger partial charge on any atom is -0.379 e. The van der Waals surface area contributed by atoms with E-state index in [1.54, 1.807) is 32.1 Å². The average Bonchev–Trinajstić information content (AvgIpc) is 3.23. The molecule has 1 N–H and O–H groups in total. The van der Waals surface area contributed by atoms with E-state index < -0.39 is 40.6 Å². The van der Waals surface area contributed by atoms with Crippen molar-refractivity contribution in [3.05, 3.63) is 37.5 Å². The first-order valence-corrected chi connectivity index (χ1v) is 9.78. The van der Waals surface area contributed by atoms with Crippen molar-refractivity contribution in [2.24, 2.45) is 0 Å². The summed E-state index contributed by atoms with van der Waals surface area (Å²) in [6.45, 7) is 16.4. The number of ketones is 1. The quantitative estimate of drug-likeness (QED) is 0.278. The van der Waals surface area contributed by atoms with Crippen molar-refractivity contribution < 1.29 is 29.1 Å². The normalized spacial score (nSPS) is 35.8. The summed E-state index contributed by atoms with van der Waals surface area (Å²) in [7, 11) is 0. The first kappa shape index (κ1) is 23.0. The van der Waals surface area contributed by atoms with Gasteiger partial charge in [0.15, 0.2) is 12.1 Å². The maximum Gasteiger partial charge on any atom is 0.192 e. The third-order valence-corrected chi connectivity index (χ3v) is 5.59. The molecule has 0 saturated carbocycles. The van der Waals surface area contributed by atoms with E-state index in [9.17, 15) is 9.90 Å². The molecule has 0 radical (unpaired) electrons. The van der Waals surface area contributed by atoms with Gasteiger partial charge in [0.25, 0.3) is 0 Å². The van der Waals surface area contributed by atoms with Crippen molar-refractivity contribution in [2.75, 3.05) is 0 Å².